The molecule has 0 spiro atoms. The van der Waals surface area contributed by atoms with E-state index in [-0.39, 0.29) is 12.1 Å². The molecule has 4 nitrogen and oxygen atoms in total. The van der Waals surface area contributed by atoms with E-state index < -0.39 is 23.8 Å². The van der Waals surface area contributed by atoms with Gasteiger partial charge in [-0.3, -0.25) is 9.69 Å². The second-order valence-corrected chi connectivity index (χ2v) is 7.55. The van der Waals surface area contributed by atoms with Crippen molar-refractivity contribution in [1.82, 2.24) is 10.2 Å². The molecule has 0 bridgehead atoms. The van der Waals surface area contributed by atoms with Crippen molar-refractivity contribution < 1.29 is 23.1 Å². The molecule has 2 N–H and O–H groups in total. The number of aliphatic hydroxyl groups is 1. The molecular formula is C22H25F3N2O2. The highest BCUT2D eigenvalue weighted by molar-refractivity contribution is 5.94. The molecular weight excluding hydrogens is 381 g/mol. The van der Waals surface area contributed by atoms with Gasteiger partial charge in [0.1, 0.15) is 0 Å². The molecule has 0 aromatic heterocycles. The SMILES string of the molecule is O=C(NCC(O)CC1CCN(Cc2ccccc2)C1)c1cccc(C(F)(F)F)c1. The second kappa shape index (κ2) is 9.41. The predicted octanol–water partition coefficient (Wildman–Crippen LogP) is 3.71. The minimum Gasteiger partial charge on any atom is -0.391 e. The van der Waals surface area contributed by atoms with Crippen LogP contribution in [0.4, 0.5) is 13.2 Å². The van der Waals surface area contributed by atoms with Gasteiger partial charge < -0.3 is 10.4 Å². The second-order valence-electron chi connectivity index (χ2n) is 7.55. The van der Waals surface area contributed by atoms with E-state index in [9.17, 15) is 23.1 Å². The maximum absolute atomic E-state index is 12.8. The molecule has 1 saturated heterocycles. The first-order valence-electron chi connectivity index (χ1n) is 9.71. The Morgan fingerprint density at radius 1 is 1.17 bits per heavy atom. The zero-order valence-corrected chi connectivity index (χ0v) is 16.0. The molecule has 1 aliphatic heterocycles. The Balaban J connectivity index is 1.43. The van der Waals surface area contributed by atoms with Crippen molar-refractivity contribution in [2.45, 2.75) is 31.7 Å². The Bertz CT molecular complexity index is 811. The van der Waals surface area contributed by atoms with Gasteiger partial charge in [0.15, 0.2) is 0 Å². The minimum absolute atomic E-state index is 0.0181. The predicted molar refractivity (Wildman–Crippen MR) is 104 cm³/mol. The Morgan fingerprint density at radius 2 is 1.93 bits per heavy atom. The number of rotatable bonds is 7. The van der Waals surface area contributed by atoms with E-state index in [0.29, 0.717) is 12.3 Å². The largest absolute Gasteiger partial charge is 0.416 e. The Morgan fingerprint density at radius 3 is 2.66 bits per heavy atom. The van der Waals surface area contributed by atoms with Crippen LogP contribution in [0.2, 0.25) is 0 Å². The van der Waals surface area contributed by atoms with Crippen LogP contribution in [0.5, 0.6) is 0 Å². The van der Waals surface area contributed by atoms with Crippen LogP contribution in [0.25, 0.3) is 0 Å². The summed E-state index contributed by atoms with van der Waals surface area (Å²) in [6.45, 7) is 2.74. The molecule has 2 aromatic rings. The first-order valence-corrected chi connectivity index (χ1v) is 9.71. The van der Waals surface area contributed by atoms with Crippen molar-refractivity contribution in [2.75, 3.05) is 19.6 Å². The Hall–Kier alpha value is -2.38. The van der Waals surface area contributed by atoms with Crippen molar-refractivity contribution in [3.63, 3.8) is 0 Å². The molecule has 1 amide bonds. The normalized spacial score (nSPS) is 18.6. The fraction of sp³-hybridized carbons (Fsp3) is 0.409. The summed E-state index contributed by atoms with van der Waals surface area (Å²) >= 11 is 0. The summed E-state index contributed by atoms with van der Waals surface area (Å²) in [5.74, 6) is -0.286. The average Bonchev–Trinajstić information content (AvgIpc) is 3.13. The van der Waals surface area contributed by atoms with E-state index in [1.54, 1.807) is 0 Å². The number of benzene rings is 2. The molecule has 29 heavy (non-hydrogen) atoms. The van der Waals surface area contributed by atoms with Crippen LogP contribution in [0, 0.1) is 5.92 Å². The van der Waals surface area contributed by atoms with Gasteiger partial charge in [0.2, 0.25) is 0 Å². The lowest BCUT2D eigenvalue weighted by Crippen LogP contribution is -2.33. The van der Waals surface area contributed by atoms with Crippen LogP contribution in [0.15, 0.2) is 54.6 Å². The summed E-state index contributed by atoms with van der Waals surface area (Å²) in [7, 11) is 0. The fourth-order valence-electron chi connectivity index (χ4n) is 3.71. The summed E-state index contributed by atoms with van der Waals surface area (Å²) in [5, 5.41) is 12.8. The van der Waals surface area contributed by atoms with E-state index in [1.807, 2.05) is 18.2 Å². The number of amides is 1. The molecule has 2 aromatic carbocycles. The van der Waals surface area contributed by atoms with Crippen LogP contribution in [0.1, 0.15) is 34.3 Å². The zero-order valence-electron chi connectivity index (χ0n) is 16.0. The van der Waals surface area contributed by atoms with Crippen molar-refractivity contribution in [1.29, 1.82) is 0 Å². The summed E-state index contributed by atoms with van der Waals surface area (Å²) in [6.07, 6.45) is -3.70. The number of nitrogens with one attached hydrogen (secondary N) is 1. The number of aliphatic hydroxyl groups excluding tert-OH is 1. The van der Waals surface area contributed by atoms with Crippen LogP contribution >= 0.6 is 0 Å². The van der Waals surface area contributed by atoms with Gasteiger partial charge in [0.25, 0.3) is 5.91 Å². The third kappa shape index (κ3) is 6.30. The maximum atomic E-state index is 12.8. The van der Waals surface area contributed by atoms with E-state index in [2.05, 4.69) is 22.3 Å². The molecule has 1 fully saturated rings. The highest BCUT2D eigenvalue weighted by atomic mass is 19.4. The van der Waals surface area contributed by atoms with E-state index in [4.69, 9.17) is 0 Å². The quantitative estimate of drug-likeness (QED) is 0.737. The number of likely N-dealkylation sites (tertiary alicyclic amines) is 1. The molecule has 0 radical (unpaired) electrons. The van der Waals surface area contributed by atoms with E-state index in [1.165, 1.54) is 17.7 Å². The Labute approximate surface area is 168 Å². The lowest BCUT2D eigenvalue weighted by atomic mass is 10.0. The Kier molecular flexibility index (Phi) is 6.92. The zero-order chi connectivity index (χ0) is 20.9. The standard InChI is InChI=1S/C22H25F3N2O2/c23-22(24,25)19-8-4-7-18(12-19)21(29)26-13-20(28)11-17-9-10-27(15-17)14-16-5-2-1-3-6-16/h1-8,12,17,20,28H,9-11,13-15H2,(H,26,29). The van der Waals surface area contributed by atoms with Crippen molar-refractivity contribution in [3.8, 4) is 0 Å². The average molecular weight is 406 g/mol. The molecule has 1 aliphatic rings. The van der Waals surface area contributed by atoms with E-state index >= 15 is 0 Å². The number of alkyl halides is 3. The number of carbonyl (C=O) groups is 1. The van der Waals surface area contributed by atoms with Gasteiger partial charge in [0.05, 0.1) is 11.7 Å². The van der Waals surface area contributed by atoms with Gasteiger partial charge in [-0.2, -0.15) is 13.2 Å². The lowest BCUT2D eigenvalue weighted by molar-refractivity contribution is -0.137. The van der Waals surface area contributed by atoms with Gasteiger partial charge in [0, 0.05) is 25.2 Å². The summed E-state index contributed by atoms with van der Waals surface area (Å²) in [6, 6.07) is 14.5. The van der Waals surface area contributed by atoms with Crippen LogP contribution < -0.4 is 5.32 Å². The van der Waals surface area contributed by atoms with Crippen LogP contribution in [0.3, 0.4) is 0 Å². The molecule has 0 aliphatic carbocycles. The third-order valence-electron chi connectivity index (χ3n) is 5.17. The number of hydrogen-bond donors (Lipinski definition) is 2. The number of hydrogen-bond acceptors (Lipinski definition) is 3. The lowest BCUT2D eigenvalue weighted by Gasteiger charge is -2.18. The highest BCUT2D eigenvalue weighted by Crippen LogP contribution is 2.29. The highest BCUT2D eigenvalue weighted by Gasteiger charge is 2.31. The number of carbonyl (C=O) groups excluding carboxylic acids is 1. The molecule has 7 heteroatoms. The van der Waals surface area contributed by atoms with Gasteiger partial charge in [-0.1, -0.05) is 36.4 Å². The first kappa shape index (κ1) is 21.3. The molecule has 2 unspecified atom stereocenters. The van der Waals surface area contributed by atoms with Crippen molar-refractivity contribution >= 4 is 5.91 Å². The van der Waals surface area contributed by atoms with Crippen molar-refractivity contribution in [3.05, 3.63) is 71.3 Å². The monoisotopic (exact) mass is 406 g/mol. The van der Waals surface area contributed by atoms with Gasteiger partial charge in [-0.25, -0.2) is 0 Å². The molecule has 0 saturated carbocycles. The number of nitrogens with zero attached hydrogens (tertiary/aromatic N) is 1. The first-order chi connectivity index (χ1) is 13.8. The van der Waals surface area contributed by atoms with Crippen LogP contribution in [-0.4, -0.2) is 41.7 Å². The fourth-order valence-corrected chi connectivity index (χ4v) is 3.71. The topological polar surface area (TPSA) is 52.6 Å². The smallest absolute Gasteiger partial charge is 0.391 e. The third-order valence-corrected chi connectivity index (χ3v) is 5.17. The van der Waals surface area contributed by atoms with Gasteiger partial charge in [-0.15, -0.1) is 0 Å². The molecule has 2 atom stereocenters. The summed E-state index contributed by atoms with van der Waals surface area (Å²) in [5.41, 5.74) is 0.319. The summed E-state index contributed by atoms with van der Waals surface area (Å²) < 4.78 is 38.3. The molecule has 156 valence electrons. The maximum Gasteiger partial charge on any atom is 0.416 e. The number of halogens is 3. The van der Waals surface area contributed by atoms with Gasteiger partial charge in [-0.05, 0) is 49.1 Å². The molecule has 1 heterocycles. The van der Waals surface area contributed by atoms with E-state index in [0.717, 1.165) is 38.2 Å². The molecule has 3 rings (SSSR count). The van der Waals surface area contributed by atoms with Crippen LogP contribution in [-0.2, 0) is 12.7 Å². The van der Waals surface area contributed by atoms with Crippen molar-refractivity contribution in [2.24, 2.45) is 5.92 Å². The summed E-state index contributed by atoms with van der Waals surface area (Å²) in [4.78, 5) is 14.5. The minimum atomic E-state index is -4.50. The van der Waals surface area contributed by atoms with Gasteiger partial charge >= 0.3 is 6.18 Å².